The van der Waals surface area contributed by atoms with Crippen molar-refractivity contribution in [2.45, 2.75) is 19.1 Å². The van der Waals surface area contributed by atoms with Crippen molar-refractivity contribution in [2.24, 2.45) is 5.92 Å². The van der Waals surface area contributed by atoms with E-state index in [1.165, 1.54) is 5.69 Å². The van der Waals surface area contributed by atoms with E-state index in [0.29, 0.717) is 5.92 Å². The molecule has 1 saturated heterocycles. The summed E-state index contributed by atoms with van der Waals surface area (Å²) in [5.41, 5.74) is 1.29. The summed E-state index contributed by atoms with van der Waals surface area (Å²) in [4.78, 5) is 2.42. The number of benzene rings is 1. The second-order valence-electron chi connectivity index (χ2n) is 4.64. The number of anilines is 1. The molecule has 3 nitrogen and oxygen atoms in total. The number of halogens is 1. The fourth-order valence-electron chi connectivity index (χ4n) is 2.56. The van der Waals surface area contributed by atoms with Gasteiger partial charge in [0.1, 0.15) is 0 Å². The monoisotopic (exact) mass is 313 g/mol. The van der Waals surface area contributed by atoms with Crippen molar-refractivity contribution in [3.8, 4) is 0 Å². The van der Waals surface area contributed by atoms with E-state index < -0.39 is 0 Å². The van der Waals surface area contributed by atoms with Crippen molar-refractivity contribution >= 4 is 21.6 Å². The Balaban J connectivity index is 1.92. The van der Waals surface area contributed by atoms with Crippen LogP contribution in [-0.4, -0.2) is 33.6 Å². The van der Waals surface area contributed by atoms with Crippen molar-refractivity contribution in [3.05, 3.63) is 28.7 Å². The van der Waals surface area contributed by atoms with Gasteiger partial charge in [0.05, 0.1) is 0 Å². The van der Waals surface area contributed by atoms with Crippen LogP contribution in [0.2, 0.25) is 0 Å². The van der Waals surface area contributed by atoms with Crippen LogP contribution in [0.3, 0.4) is 0 Å². The molecule has 1 aliphatic rings. The first-order valence-corrected chi connectivity index (χ1v) is 7.10. The number of ether oxygens (including phenoxy) is 2. The van der Waals surface area contributed by atoms with Crippen LogP contribution in [0.4, 0.5) is 5.69 Å². The molecule has 1 heterocycles. The van der Waals surface area contributed by atoms with Gasteiger partial charge in [0.2, 0.25) is 0 Å². The summed E-state index contributed by atoms with van der Waals surface area (Å²) in [5.74, 6) is 0.506. The summed E-state index contributed by atoms with van der Waals surface area (Å²) in [6, 6.07) is 8.51. The molecule has 0 saturated carbocycles. The summed E-state index contributed by atoms with van der Waals surface area (Å²) in [7, 11) is 3.44. The fourth-order valence-corrected chi connectivity index (χ4v) is 2.83. The second-order valence-corrected chi connectivity index (χ2v) is 5.56. The third-order valence-corrected chi connectivity index (χ3v) is 4.11. The highest BCUT2D eigenvalue weighted by Gasteiger charge is 2.26. The molecule has 1 aromatic carbocycles. The highest BCUT2D eigenvalue weighted by atomic mass is 79.9. The number of methoxy groups -OCH3 is 2. The smallest absolute Gasteiger partial charge is 0.159 e. The van der Waals surface area contributed by atoms with Crippen molar-refractivity contribution < 1.29 is 9.47 Å². The maximum absolute atomic E-state index is 5.35. The van der Waals surface area contributed by atoms with Crippen LogP contribution in [0, 0.1) is 5.92 Å². The van der Waals surface area contributed by atoms with E-state index >= 15 is 0 Å². The minimum atomic E-state index is -0.0583. The Hall–Kier alpha value is -0.580. The minimum Gasteiger partial charge on any atom is -0.372 e. The molecule has 0 aromatic heterocycles. The molecule has 0 bridgehead atoms. The number of hydrogen-bond acceptors (Lipinski definition) is 3. The molecule has 1 fully saturated rings. The van der Waals surface area contributed by atoms with Crippen molar-refractivity contribution in [1.29, 1.82) is 0 Å². The van der Waals surface area contributed by atoms with Gasteiger partial charge in [-0.15, -0.1) is 0 Å². The number of hydrogen-bond donors (Lipinski definition) is 0. The summed E-state index contributed by atoms with van der Waals surface area (Å²) in [6.07, 6.45) is 2.17. The van der Waals surface area contributed by atoms with Crippen LogP contribution in [0.25, 0.3) is 0 Å². The molecule has 0 N–H and O–H groups in total. The van der Waals surface area contributed by atoms with E-state index in [-0.39, 0.29) is 6.29 Å². The molecule has 0 radical (unpaired) electrons. The zero-order valence-corrected chi connectivity index (χ0v) is 12.5. The van der Waals surface area contributed by atoms with Crippen molar-refractivity contribution in [1.82, 2.24) is 0 Å². The molecular weight excluding hydrogens is 294 g/mol. The molecule has 100 valence electrons. The maximum atomic E-state index is 5.35. The third-order valence-electron chi connectivity index (χ3n) is 3.58. The molecule has 1 aromatic rings. The lowest BCUT2D eigenvalue weighted by atomic mass is 9.95. The normalized spacial score (nSPS) is 17.4. The van der Waals surface area contributed by atoms with E-state index in [1.54, 1.807) is 14.2 Å². The van der Waals surface area contributed by atoms with Crippen LogP contribution in [0.5, 0.6) is 0 Å². The first-order chi connectivity index (χ1) is 8.74. The summed E-state index contributed by atoms with van der Waals surface area (Å²) in [5, 5.41) is 0. The zero-order chi connectivity index (χ0) is 13.0. The molecule has 4 heteroatoms. The lowest BCUT2D eigenvalue weighted by Gasteiger charge is -2.36. The predicted molar refractivity (Wildman–Crippen MR) is 76.9 cm³/mol. The lowest BCUT2D eigenvalue weighted by Crippen LogP contribution is -2.39. The molecule has 0 unspecified atom stereocenters. The minimum absolute atomic E-state index is 0.0583. The van der Waals surface area contributed by atoms with Gasteiger partial charge in [-0.25, -0.2) is 0 Å². The van der Waals surface area contributed by atoms with Gasteiger partial charge in [-0.2, -0.15) is 0 Å². The van der Waals surface area contributed by atoms with E-state index in [1.807, 2.05) is 0 Å². The fraction of sp³-hybridized carbons (Fsp3) is 0.571. The SMILES string of the molecule is COC(OC)C1CCN(c2ccc(Br)cc2)CC1. The highest BCUT2D eigenvalue weighted by Crippen LogP contribution is 2.27. The van der Waals surface area contributed by atoms with E-state index in [0.717, 1.165) is 30.4 Å². The molecule has 0 spiro atoms. The van der Waals surface area contributed by atoms with E-state index in [2.05, 4.69) is 45.1 Å². The Morgan fingerprint density at radius 3 is 2.17 bits per heavy atom. The van der Waals surface area contributed by atoms with Crippen LogP contribution in [0.1, 0.15) is 12.8 Å². The summed E-state index contributed by atoms with van der Waals surface area (Å²) >= 11 is 3.47. The van der Waals surface area contributed by atoms with E-state index in [4.69, 9.17) is 9.47 Å². The topological polar surface area (TPSA) is 21.7 Å². The molecule has 1 aliphatic heterocycles. The Bertz CT molecular complexity index is 357. The second kappa shape index (κ2) is 6.55. The third kappa shape index (κ3) is 3.25. The number of nitrogens with zero attached hydrogens (tertiary/aromatic N) is 1. The van der Waals surface area contributed by atoms with Gasteiger partial charge in [-0.1, -0.05) is 15.9 Å². The van der Waals surface area contributed by atoms with Crippen LogP contribution in [-0.2, 0) is 9.47 Å². The predicted octanol–water partition coefficient (Wildman–Crippen LogP) is 3.28. The van der Waals surface area contributed by atoms with Crippen molar-refractivity contribution in [2.75, 3.05) is 32.2 Å². The van der Waals surface area contributed by atoms with Crippen LogP contribution >= 0.6 is 15.9 Å². The van der Waals surface area contributed by atoms with Gasteiger partial charge >= 0.3 is 0 Å². The molecular formula is C14H20BrNO2. The Labute approximate surface area is 117 Å². The highest BCUT2D eigenvalue weighted by molar-refractivity contribution is 9.10. The summed E-state index contributed by atoms with van der Waals surface area (Å²) < 4.78 is 11.8. The summed E-state index contributed by atoms with van der Waals surface area (Å²) in [6.45, 7) is 2.13. The lowest BCUT2D eigenvalue weighted by molar-refractivity contribution is -0.141. The average Bonchev–Trinajstić information content (AvgIpc) is 2.42. The van der Waals surface area contributed by atoms with Gasteiger partial charge < -0.3 is 14.4 Å². The quantitative estimate of drug-likeness (QED) is 0.796. The van der Waals surface area contributed by atoms with Crippen LogP contribution < -0.4 is 4.90 Å². The molecule has 2 rings (SSSR count). The van der Waals surface area contributed by atoms with Gasteiger partial charge in [-0.3, -0.25) is 0 Å². The Morgan fingerprint density at radius 2 is 1.67 bits per heavy atom. The molecule has 0 atom stereocenters. The zero-order valence-electron chi connectivity index (χ0n) is 10.9. The number of rotatable bonds is 4. The Morgan fingerprint density at radius 1 is 1.11 bits per heavy atom. The van der Waals surface area contributed by atoms with Gasteiger partial charge in [0, 0.05) is 43.4 Å². The Kier molecular flexibility index (Phi) is 5.03. The number of piperidine rings is 1. The maximum Gasteiger partial charge on any atom is 0.159 e. The van der Waals surface area contributed by atoms with Gasteiger partial charge in [0.15, 0.2) is 6.29 Å². The molecule has 18 heavy (non-hydrogen) atoms. The standard InChI is InChI=1S/C14H20BrNO2/c1-17-14(18-2)11-7-9-16(10-8-11)13-5-3-12(15)4-6-13/h3-6,11,14H,7-10H2,1-2H3. The molecule has 0 aliphatic carbocycles. The molecule has 0 amide bonds. The largest absolute Gasteiger partial charge is 0.372 e. The van der Waals surface area contributed by atoms with Gasteiger partial charge in [0.25, 0.3) is 0 Å². The first-order valence-electron chi connectivity index (χ1n) is 6.30. The van der Waals surface area contributed by atoms with Gasteiger partial charge in [-0.05, 0) is 37.1 Å². The van der Waals surface area contributed by atoms with Crippen LogP contribution in [0.15, 0.2) is 28.7 Å². The van der Waals surface area contributed by atoms with E-state index in [9.17, 15) is 0 Å². The van der Waals surface area contributed by atoms with Crippen molar-refractivity contribution in [3.63, 3.8) is 0 Å². The first kappa shape index (κ1) is 13.8. The average molecular weight is 314 g/mol.